The van der Waals surface area contributed by atoms with Crippen LogP contribution in [0.4, 0.5) is 4.79 Å². The lowest BCUT2D eigenvalue weighted by atomic mass is 9.88. The third-order valence-electron chi connectivity index (χ3n) is 4.39. The number of carbonyl (C=O) groups is 1. The lowest BCUT2D eigenvalue weighted by molar-refractivity contribution is 0.109. The van der Waals surface area contributed by atoms with Crippen molar-refractivity contribution < 1.29 is 19.0 Å². The van der Waals surface area contributed by atoms with Crippen LogP contribution in [0.25, 0.3) is 0 Å². The summed E-state index contributed by atoms with van der Waals surface area (Å²) in [4.78, 5) is 14.0. The quantitative estimate of drug-likeness (QED) is 0.812. The van der Waals surface area contributed by atoms with Gasteiger partial charge in [0, 0.05) is 6.54 Å². The highest BCUT2D eigenvalue weighted by molar-refractivity contribution is 5.70. The van der Waals surface area contributed by atoms with E-state index < -0.39 is 0 Å². The van der Waals surface area contributed by atoms with Crippen LogP contribution in [0.15, 0.2) is 42.5 Å². The zero-order valence-electron chi connectivity index (χ0n) is 12.8. The number of hydrogen-bond acceptors (Lipinski definition) is 4. The van der Waals surface area contributed by atoms with Gasteiger partial charge in [0.15, 0.2) is 11.5 Å². The summed E-state index contributed by atoms with van der Waals surface area (Å²) in [5.74, 6) is 1.51. The normalized spacial score (nSPS) is 18.5. The van der Waals surface area contributed by atoms with Crippen molar-refractivity contribution in [2.24, 2.45) is 0 Å². The summed E-state index contributed by atoms with van der Waals surface area (Å²) in [6.07, 6.45) is 0.451. The second-order valence-corrected chi connectivity index (χ2v) is 5.63. The van der Waals surface area contributed by atoms with E-state index in [1.54, 1.807) is 4.90 Å². The maximum atomic E-state index is 12.2. The van der Waals surface area contributed by atoms with Gasteiger partial charge >= 0.3 is 6.09 Å². The van der Waals surface area contributed by atoms with Gasteiger partial charge in [-0.25, -0.2) is 4.79 Å². The smallest absolute Gasteiger partial charge is 0.410 e. The van der Waals surface area contributed by atoms with Gasteiger partial charge in [-0.15, -0.1) is 0 Å². The molecule has 0 aliphatic carbocycles. The van der Waals surface area contributed by atoms with Crippen LogP contribution in [0, 0.1) is 0 Å². The first-order valence-electron chi connectivity index (χ1n) is 7.60. The van der Waals surface area contributed by atoms with E-state index in [1.807, 2.05) is 42.5 Å². The second-order valence-electron chi connectivity index (χ2n) is 5.63. The van der Waals surface area contributed by atoms with E-state index >= 15 is 0 Å². The summed E-state index contributed by atoms with van der Waals surface area (Å²) in [6, 6.07) is 13.8. The van der Waals surface area contributed by atoms with Crippen LogP contribution in [-0.2, 0) is 11.2 Å². The fourth-order valence-corrected chi connectivity index (χ4v) is 3.32. The standard InChI is InChI=1S/C18H17NO4/c1-21-18(20)19-8-7-13-9-15-16(23-11-22-15)10-14(13)17(19)12-5-3-2-4-6-12/h2-6,9-10,17H,7-8,11H2,1H3. The Morgan fingerprint density at radius 1 is 1.17 bits per heavy atom. The average molecular weight is 311 g/mol. The van der Waals surface area contributed by atoms with Crippen LogP contribution >= 0.6 is 0 Å². The minimum Gasteiger partial charge on any atom is -0.454 e. The predicted octanol–water partition coefficient (Wildman–Crippen LogP) is 3.13. The highest BCUT2D eigenvalue weighted by Crippen LogP contribution is 2.42. The van der Waals surface area contributed by atoms with Gasteiger partial charge in [-0.1, -0.05) is 30.3 Å². The molecule has 2 aromatic rings. The Morgan fingerprint density at radius 2 is 1.91 bits per heavy atom. The molecule has 1 atom stereocenters. The number of hydrogen-bond donors (Lipinski definition) is 0. The van der Waals surface area contributed by atoms with Gasteiger partial charge in [0.1, 0.15) is 0 Å². The third kappa shape index (κ3) is 2.29. The van der Waals surface area contributed by atoms with Crippen molar-refractivity contribution >= 4 is 6.09 Å². The number of methoxy groups -OCH3 is 1. The number of carbonyl (C=O) groups excluding carboxylic acids is 1. The molecular weight excluding hydrogens is 294 g/mol. The molecule has 0 bridgehead atoms. The predicted molar refractivity (Wildman–Crippen MR) is 83.7 cm³/mol. The fourth-order valence-electron chi connectivity index (χ4n) is 3.32. The molecule has 2 aliphatic rings. The Kier molecular flexibility index (Phi) is 3.33. The maximum Gasteiger partial charge on any atom is 0.410 e. The first-order valence-corrected chi connectivity index (χ1v) is 7.60. The summed E-state index contributed by atoms with van der Waals surface area (Å²) >= 11 is 0. The average Bonchev–Trinajstić information content (AvgIpc) is 3.06. The van der Waals surface area contributed by atoms with Gasteiger partial charge in [-0.3, -0.25) is 4.90 Å². The number of ether oxygens (including phenoxy) is 3. The van der Waals surface area contributed by atoms with Gasteiger partial charge < -0.3 is 14.2 Å². The van der Waals surface area contributed by atoms with Crippen molar-refractivity contribution in [3.05, 3.63) is 59.2 Å². The molecule has 1 amide bonds. The van der Waals surface area contributed by atoms with Crippen LogP contribution in [0.1, 0.15) is 22.7 Å². The van der Waals surface area contributed by atoms with Crippen LogP contribution < -0.4 is 9.47 Å². The zero-order valence-corrected chi connectivity index (χ0v) is 12.8. The highest BCUT2D eigenvalue weighted by Gasteiger charge is 2.34. The molecule has 4 rings (SSSR count). The van der Waals surface area contributed by atoms with E-state index in [1.165, 1.54) is 12.7 Å². The maximum absolute atomic E-state index is 12.2. The van der Waals surface area contributed by atoms with Gasteiger partial charge in [-0.05, 0) is 35.2 Å². The molecule has 0 fully saturated rings. The monoisotopic (exact) mass is 311 g/mol. The molecule has 118 valence electrons. The molecule has 2 aromatic carbocycles. The summed E-state index contributed by atoms with van der Waals surface area (Å²) in [7, 11) is 1.42. The summed E-state index contributed by atoms with van der Waals surface area (Å²) in [6.45, 7) is 0.855. The Labute approximate surface area is 134 Å². The molecule has 2 heterocycles. The molecule has 1 unspecified atom stereocenters. The SMILES string of the molecule is COC(=O)N1CCc2cc3c(cc2C1c1ccccc1)OCO3. The zero-order chi connectivity index (χ0) is 15.8. The first kappa shape index (κ1) is 13.9. The Balaban J connectivity index is 1.85. The fraction of sp³-hybridized carbons (Fsp3) is 0.278. The highest BCUT2D eigenvalue weighted by atomic mass is 16.7. The number of rotatable bonds is 1. The molecule has 5 nitrogen and oxygen atoms in total. The van der Waals surface area contributed by atoms with Crippen molar-refractivity contribution in [2.45, 2.75) is 12.5 Å². The number of fused-ring (bicyclic) bond motifs is 2. The third-order valence-corrected chi connectivity index (χ3v) is 4.39. The number of amides is 1. The van der Waals surface area contributed by atoms with Crippen LogP contribution in [0.5, 0.6) is 11.5 Å². The molecule has 0 saturated carbocycles. The van der Waals surface area contributed by atoms with Gasteiger partial charge in [-0.2, -0.15) is 0 Å². The Bertz CT molecular complexity index is 744. The number of benzene rings is 2. The van der Waals surface area contributed by atoms with E-state index in [9.17, 15) is 4.79 Å². The minimum atomic E-state index is -0.317. The van der Waals surface area contributed by atoms with Gasteiger partial charge in [0.05, 0.1) is 13.2 Å². The molecule has 2 aliphatic heterocycles. The van der Waals surface area contributed by atoms with Crippen molar-refractivity contribution in [1.82, 2.24) is 4.90 Å². The summed E-state index contributed by atoms with van der Waals surface area (Å²) < 4.78 is 16.0. The number of nitrogens with zero attached hydrogens (tertiary/aromatic N) is 1. The summed E-state index contributed by atoms with van der Waals surface area (Å²) in [5.41, 5.74) is 3.30. The van der Waals surface area contributed by atoms with E-state index in [2.05, 4.69) is 0 Å². The van der Waals surface area contributed by atoms with E-state index in [0.29, 0.717) is 6.54 Å². The van der Waals surface area contributed by atoms with Gasteiger partial charge in [0.2, 0.25) is 6.79 Å². The van der Waals surface area contributed by atoms with E-state index in [4.69, 9.17) is 14.2 Å². The van der Waals surface area contributed by atoms with Crippen LogP contribution in [0.3, 0.4) is 0 Å². The largest absolute Gasteiger partial charge is 0.454 e. The topological polar surface area (TPSA) is 48.0 Å². The molecular formula is C18H17NO4. The molecule has 0 radical (unpaired) electrons. The summed E-state index contributed by atoms with van der Waals surface area (Å²) in [5, 5.41) is 0. The van der Waals surface area contributed by atoms with E-state index in [-0.39, 0.29) is 18.9 Å². The lowest BCUT2D eigenvalue weighted by Gasteiger charge is -2.36. The van der Waals surface area contributed by atoms with E-state index in [0.717, 1.165) is 29.0 Å². The Morgan fingerprint density at radius 3 is 2.65 bits per heavy atom. The second kappa shape index (κ2) is 5.50. The van der Waals surface area contributed by atoms with Gasteiger partial charge in [0.25, 0.3) is 0 Å². The lowest BCUT2D eigenvalue weighted by Crippen LogP contribution is -2.40. The van der Waals surface area contributed by atoms with Crippen molar-refractivity contribution in [2.75, 3.05) is 20.4 Å². The molecule has 0 saturated heterocycles. The minimum absolute atomic E-state index is 0.179. The van der Waals surface area contributed by atoms with Crippen molar-refractivity contribution in [3.8, 4) is 11.5 Å². The molecule has 0 N–H and O–H groups in total. The van der Waals surface area contributed by atoms with Crippen LogP contribution in [0.2, 0.25) is 0 Å². The van der Waals surface area contributed by atoms with Crippen molar-refractivity contribution in [1.29, 1.82) is 0 Å². The Hall–Kier alpha value is -2.69. The van der Waals surface area contributed by atoms with Crippen molar-refractivity contribution in [3.63, 3.8) is 0 Å². The molecule has 0 aromatic heterocycles. The van der Waals surface area contributed by atoms with Crippen LogP contribution in [-0.4, -0.2) is 31.4 Å². The first-order chi connectivity index (χ1) is 11.3. The molecule has 0 spiro atoms. The molecule has 23 heavy (non-hydrogen) atoms. The molecule has 5 heteroatoms.